The number of hydrogen-bond donors (Lipinski definition) is 1. The molecular weight excluding hydrogens is 1020 g/mol. The molecule has 2 unspecified atom stereocenters. The summed E-state index contributed by atoms with van der Waals surface area (Å²) in [5, 5.41) is 9.73. The van der Waals surface area contributed by atoms with Crippen LogP contribution in [0.25, 0.3) is 0 Å². The highest BCUT2D eigenvalue weighted by atomic mass is 16.7. The topological polar surface area (TPSA) is 108 Å². The van der Waals surface area contributed by atoms with Crippen molar-refractivity contribution in [2.45, 2.75) is 392 Å². The number of carboxylic acid groups (broad SMARTS) is 1. The lowest BCUT2D eigenvalue weighted by Gasteiger charge is -2.25. The molecule has 0 saturated heterocycles. The van der Waals surface area contributed by atoms with Gasteiger partial charge < -0.3 is 28.5 Å². The summed E-state index contributed by atoms with van der Waals surface area (Å²) >= 11 is 0. The number of unbranched alkanes of at least 4 members (excludes halogenated alkanes) is 52. The second kappa shape index (κ2) is 65.0. The molecule has 0 rings (SSSR count). The average molecular weight is 1160 g/mol. The largest absolute Gasteiger partial charge is 0.477 e. The minimum Gasteiger partial charge on any atom is -0.477 e. The molecule has 0 aliphatic heterocycles. The first-order chi connectivity index (χ1) is 40.1. The van der Waals surface area contributed by atoms with E-state index in [2.05, 4.69) is 26.0 Å². The molecule has 0 aromatic rings. The normalized spacial score (nSPS) is 12.6. The summed E-state index contributed by atoms with van der Waals surface area (Å²) in [6.45, 7) is 4.95. The Hall–Kier alpha value is -1.97. The molecule has 1 N–H and O–H groups in total. The van der Waals surface area contributed by atoms with Gasteiger partial charge in [0.05, 0.1) is 34.4 Å². The van der Waals surface area contributed by atoms with Crippen LogP contribution in [0.1, 0.15) is 380 Å². The summed E-state index contributed by atoms with van der Waals surface area (Å²) in [4.78, 5) is 37.6. The number of carbonyl (C=O) groups excluding carboxylic acids is 2. The predicted molar refractivity (Wildman–Crippen MR) is 351 cm³/mol. The monoisotopic (exact) mass is 1160 g/mol. The van der Waals surface area contributed by atoms with Crippen molar-refractivity contribution in [3.63, 3.8) is 0 Å². The third-order valence-electron chi connectivity index (χ3n) is 16.8. The van der Waals surface area contributed by atoms with Gasteiger partial charge in [-0.2, -0.15) is 0 Å². The second-order valence-corrected chi connectivity index (χ2v) is 26.3. The lowest BCUT2D eigenvalue weighted by atomic mass is 10.0. The number of allylic oxidation sites excluding steroid dienone is 2. The van der Waals surface area contributed by atoms with Crippen LogP contribution in [-0.2, 0) is 33.3 Å². The van der Waals surface area contributed by atoms with Crippen molar-refractivity contribution in [1.29, 1.82) is 0 Å². The molecular formula is C73H142NO8+. The van der Waals surface area contributed by atoms with E-state index in [0.29, 0.717) is 17.4 Å². The minimum absolute atomic E-state index is 0.176. The number of carboxylic acids is 1. The van der Waals surface area contributed by atoms with Crippen LogP contribution in [0.4, 0.5) is 0 Å². The highest BCUT2D eigenvalue weighted by molar-refractivity contribution is 5.71. The summed E-state index contributed by atoms with van der Waals surface area (Å²) in [5.74, 6) is -1.98. The van der Waals surface area contributed by atoms with Crippen LogP contribution >= 0.6 is 0 Å². The maximum atomic E-state index is 12.9. The van der Waals surface area contributed by atoms with Gasteiger partial charge in [0.25, 0.3) is 6.29 Å². The molecule has 0 aromatic carbocycles. The second-order valence-electron chi connectivity index (χ2n) is 26.3. The molecule has 82 heavy (non-hydrogen) atoms. The van der Waals surface area contributed by atoms with E-state index in [9.17, 15) is 19.5 Å². The van der Waals surface area contributed by atoms with Gasteiger partial charge in [-0.25, -0.2) is 4.79 Å². The van der Waals surface area contributed by atoms with Gasteiger partial charge in [0.15, 0.2) is 6.10 Å². The number of nitrogens with zero attached hydrogens (tertiary/aromatic N) is 1. The lowest BCUT2D eigenvalue weighted by molar-refractivity contribution is -0.870. The SMILES string of the molecule is CCCCCCCC/C=C\CCCCCCCCCCCC(=O)OC(COC(=O)CCCCCCCCCCCCCCCCCCCCCCCCCCCCCCCCCCCCCCCC)COC(OCC[N+](C)(C)C)C(=O)O. The van der Waals surface area contributed by atoms with E-state index >= 15 is 0 Å². The fourth-order valence-corrected chi connectivity index (χ4v) is 11.2. The lowest BCUT2D eigenvalue weighted by Crippen LogP contribution is -2.40. The van der Waals surface area contributed by atoms with E-state index in [1.807, 2.05) is 21.1 Å². The zero-order valence-electron chi connectivity index (χ0n) is 55.7. The predicted octanol–water partition coefficient (Wildman–Crippen LogP) is 22.4. The standard InChI is InChI=1S/C73H141NO8/c1-6-8-10-12-14-16-18-20-22-24-26-27-28-29-30-31-32-33-34-35-36-37-38-39-40-41-42-43-44-46-47-49-51-53-55-57-59-61-63-70(75)80-67-69(68-81-73(72(77)78)79-66-65-74(3,4)5)82-71(76)64-62-60-58-56-54-52-50-48-45-25-23-21-19-17-15-13-11-9-7-2/h21,23,69,73H,6-20,22,24-68H2,1-5H3/p+1/b23-21-. The number of aliphatic carboxylic acids is 1. The van der Waals surface area contributed by atoms with Gasteiger partial charge in [-0.15, -0.1) is 0 Å². The van der Waals surface area contributed by atoms with Crippen molar-refractivity contribution >= 4 is 17.9 Å². The number of hydrogen-bond acceptors (Lipinski definition) is 7. The molecule has 0 bridgehead atoms. The van der Waals surface area contributed by atoms with Crippen LogP contribution in [-0.4, -0.2) is 87.4 Å². The Bertz CT molecular complexity index is 1350. The van der Waals surface area contributed by atoms with Crippen LogP contribution in [0.5, 0.6) is 0 Å². The Morgan fingerprint density at radius 2 is 0.622 bits per heavy atom. The van der Waals surface area contributed by atoms with Gasteiger partial charge in [0.2, 0.25) is 0 Å². The molecule has 0 radical (unpaired) electrons. The number of likely N-dealkylation sites (N-methyl/N-ethyl adjacent to an activating group) is 1. The highest BCUT2D eigenvalue weighted by Gasteiger charge is 2.25. The molecule has 0 saturated carbocycles. The Morgan fingerprint density at radius 1 is 0.354 bits per heavy atom. The molecule has 0 amide bonds. The number of esters is 2. The summed E-state index contributed by atoms with van der Waals surface area (Å²) in [6.07, 6.45) is 76.4. The van der Waals surface area contributed by atoms with E-state index in [1.165, 1.54) is 315 Å². The van der Waals surface area contributed by atoms with Gasteiger partial charge in [-0.1, -0.05) is 341 Å². The molecule has 0 spiro atoms. The minimum atomic E-state index is -1.51. The molecule has 0 heterocycles. The molecule has 0 aromatic heterocycles. The van der Waals surface area contributed by atoms with Crippen molar-refractivity contribution in [3.8, 4) is 0 Å². The van der Waals surface area contributed by atoms with E-state index in [0.717, 1.165) is 38.5 Å². The summed E-state index contributed by atoms with van der Waals surface area (Å²) in [7, 11) is 5.99. The molecule has 9 heteroatoms. The molecule has 2 atom stereocenters. The Labute approximate surface area is 510 Å². The fraction of sp³-hybridized carbons (Fsp3) is 0.932. The Kier molecular flexibility index (Phi) is 63.5. The summed E-state index contributed by atoms with van der Waals surface area (Å²) in [5.41, 5.74) is 0. The van der Waals surface area contributed by atoms with Crippen molar-refractivity contribution in [2.24, 2.45) is 0 Å². The maximum Gasteiger partial charge on any atom is 0.361 e. The first-order valence-electron chi connectivity index (χ1n) is 36.4. The third kappa shape index (κ3) is 65.6. The van der Waals surface area contributed by atoms with Crippen LogP contribution in [0.15, 0.2) is 12.2 Å². The molecule has 486 valence electrons. The average Bonchev–Trinajstić information content (AvgIpc) is 3.45. The zero-order chi connectivity index (χ0) is 59.8. The zero-order valence-corrected chi connectivity index (χ0v) is 55.7. The van der Waals surface area contributed by atoms with Crippen molar-refractivity contribution in [1.82, 2.24) is 0 Å². The van der Waals surface area contributed by atoms with E-state index < -0.39 is 18.4 Å². The van der Waals surface area contributed by atoms with Gasteiger partial charge in [0.1, 0.15) is 13.2 Å². The van der Waals surface area contributed by atoms with Gasteiger partial charge in [-0.05, 0) is 38.5 Å². The smallest absolute Gasteiger partial charge is 0.361 e. The van der Waals surface area contributed by atoms with E-state index in [1.54, 1.807) is 0 Å². The summed E-state index contributed by atoms with van der Waals surface area (Å²) < 4.78 is 23.0. The fourth-order valence-electron chi connectivity index (χ4n) is 11.2. The summed E-state index contributed by atoms with van der Waals surface area (Å²) in [6, 6.07) is 0. The van der Waals surface area contributed by atoms with Crippen molar-refractivity contribution in [3.05, 3.63) is 12.2 Å². The number of ether oxygens (including phenoxy) is 4. The molecule has 0 aliphatic carbocycles. The van der Waals surface area contributed by atoms with Crippen molar-refractivity contribution < 1.29 is 42.9 Å². The van der Waals surface area contributed by atoms with Crippen LogP contribution in [0.3, 0.4) is 0 Å². The Balaban J connectivity index is 3.92. The number of quaternary nitrogens is 1. The highest BCUT2D eigenvalue weighted by Crippen LogP contribution is 2.19. The van der Waals surface area contributed by atoms with Crippen LogP contribution < -0.4 is 0 Å². The maximum absolute atomic E-state index is 12.9. The van der Waals surface area contributed by atoms with Crippen LogP contribution in [0.2, 0.25) is 0 Å². The Morgan fingerprint density at radius 3 is 0.902 bits per heavy atom. The first-order valence-corrected chi connectivity index (χ1v) is 36.4. The third-order valence-corrected chi connectivity index (χ3v) is 16.8. The van der Waals surface area contributed by atoms with Crippen LogP contribution in [0, 0.1) is 0 Å². The van der Waals surface area contributed by atoms with Gasteiger partial charge >= 0.3 is 17.9 Å². The molecule has 0 aliphatic rings. The molecule has 0 fully saturated rings. The molecule has 9 nitrogen and oxygen atoms in total. The quantitative estimate of drug-likeness (QED) is 0.0211. The van der Waals surface area contributed by atoms with Gasteiger partial charge in [0, 0.05) is 12.8 Å². The number of carbonyl (C=O) groups is 3. The number of rotatable bonds is 69. The van der Waals surface area contributed by atoms with E-state index in [4.69, 9.17) is 18.9 Å². The van der Waals surface area contributed by atoms with Crippen molar-refractivity contribution in [2.75, 3.05) is 47.5 Å². The van der Waals surface area contributed by atoms with Gasteiger partial charge in [-0.3, -0.25) is 9.59 Å². The van der Waals surface area contributed by atoms with E-state index in [-0.39, 0.29) is 38.2 Å². The first kappa shape index (κ1) is 80.0.